The molecule has 5 aromatic carbocycles. The van der Waals surface area contributed by atoms with Crippen LogP contribution in [0, 0.1) is 11.3 Å². The van der Waals surface area contributed by atoms with Crippen LogP contribution in [0.15, 0.2) is 157 Å². The molecular formula is C64H73BN2. The summed E-state index contributed by atoms with van der Waals surface area (Å²) >= 11 is 0. The number of hydrogen-bond donors (Lipinski definition) is 0. The van der Waals surface area contributed by atoms with Gasteiger partial charge in [0.25, 0.3) is 0 Å². The van der Waals surface area contributed by atoms with E-state index in [1.165, 1.54) is 131 Å². The summed E-state index contributed by atoms with van der Waals surface area (Å²) in [6, 6.07) is 44.2. The molecule has 4 aliphatic carbocycles. The topological polar surface area (TPSA) is 6.48 Å². The zero-order valence-electron chi connectivity index (χ0n) is 41.6. The van der Waals surface area contributed by atoms with E-state index in [0.29, 0.717) is 17.8 Å². The molecule has 5 aromatic rings. The molecule has 2 saturated carbocycles. The van der Waals surface area contributed by atoms with Crippen molar-refractivity contribution >= 4 is 46.1 Å². The van der Waals surface area contributed by atoms with Gasteiger partial charge in [-0.1, -0.05) is 196 Å². The number of hydrogen-bond acceptors (Lipinski definition) is 2. The molecule has 342 valence electrons. The lowest BCUT2D eigenvalue weighted by molar-refractivity contribution is 0.415. The van der Waals surface area contributed by atoms with Crippen LogP contribution in [0.25, 0.3) is 0 Å². The Balaban J connectivity index is 1.21. The summed E-state index contributed by atoms with van der Waals surface area (Å²) in [5.41, 5.74) is 18.0. The highest BCUT2D eigenvalue weighted by molar-refractivity contribution is 6.91. The first-order chi connectivity index (χ1) is 32.4. The van der Waals surface area contributed by atoms with Crippen molar-refractivity contribution in [1.82, 2.24) is 0 Å². The fraction of sp³-hybridized carbons (Fsp3) is 0.406. The van der Waals surface area contributed by atoms with Crippen LogP contribution < -0.4 is 20.7 Å². The Morgan fingerprint density at radius 3 is 1.82 bits per heavy atom. The molecule has 4 atom stereocenters. The maximum atomic E-state index is 2.79. The van der Waals surface area contributed by atoms with Gasteiger partial charge < -0.3 is 9.80 Å². The molecule has 2 nitrogen and oxygen atoms in total. The summed E-state index contributed by atoms with van der Waals surface area (Å²) in [6.07, 6.45) is 31.5. The van der Waals surface area contributed by atoms with E-state index in [1.807, 2.05) is 0 Å². The molecule has 4 unspecified atom stereocenters. The van der Waals surface area contributed by atoms with Crippen molar-refractivity contribution in [2.45, 2.75) is 154 Å². The van der Waals surface area contributed by atoms with Crippen molar-refractivity contribution in [3.63, 3.8) is 0 Å². The molecule has 2 fully saturated rings. The van der Waals surface area contributed by atoms with E-state index < -0.39 is 0 Å². The minimum Gasteiger partial charge on any atom is -0.335 e. The van der Waals surface area contributed by atoms with Crippen molar-refractivity contribution < 1.29 is 0 Å². The second-order valence-corrected chi connectivity index (χ2v) is 23.5. The second-order valence-electron chi connectivity index (χ2n) is 23.5. The van der Waals surface area contributed by atoms with Crippen molar-refractivity contribution in [2.24, 2.45) is 11.3 Å². The van der Waals surface area contributed by atoms with Gasteiger partial charge in [-0.2, -0.15) is 0 Å². The molecule has 0 N–H and O–H groups in total. The maximum Gasteiger partial charge on any atom is 0.226 e. The Labute approximate surface area is 404 Å². The zero-order chi connectivity index (χ0) is 46.1. The van der Waals surface area contributed by atoms with Gasteiger partial charge in [-0.3, -0.25) is 0 Å². The van der Waals surface area contributed by atoms with E-state index in [-0.39, 0.29) is 34.8 Å². The first-order valence-electron chi connectivity index (χ1n) is 26.3. The Kier molecular flexibility index (Phi) is 11.5. The van der Waals surface area contributed by atoms with E-state index in [9.17, 15) is 0 Å². The van der Waals surface area contributed by atoms with Gasteiger partial charge in [-0.25, -0.2) is 0 Å². The van der Waals surface area contributed by atoms with Crippen molar-refractivity contribution in [3.05, 3.63) is 185 Å². The molecule has 0 spiro atoms. The summed E-state index contributed by atoms with van der Waals surface area (Å²) in [4.78, 5) is 5.48. The molecule has 6 aliphatic rings. The molecule has 2 heterocycles. The van der Waals surface area contributed by atoms with Crippen LogP contribution in [0.1, 0.15) is 159 Å². The predicted molar refractivity (Wildman–Crippen MR) is 289 cm³/mol. The smallest absolute Gasteiger partial charge is 0.226 e. The van der Waals surface area contributed by atoms with E-state index in [0.717, 1.165) is 6.42 Å². The molecule has 11 rings (SSSR count). The van der Waals surface area contributed by atoms with Crippen LogP contribution in [-0.4, -0.2) is 12.8 Å². The van der Waals surface area contributed by atoms with Crippen LogP contribution >= 0.6 is 0 Å². The molecule has 3 heteroatoms. The average Bonchev–Trinajstić information content (AvgIpc) is 3.36. The van der Waals surface area contributed by atoms with Crippen LogP contribution in [0.5, 0.6) is 0 Å². The fourth-order valence-electron chi connectivity index (χ4n) is 13.4. The number of benzene rings is 5. The molecule has 0 radical (unpaired) electrons. The Bertz CT molecular complexity index is 2730. The third kappa shape index (κ3) is 7.91. The summed E-state index contributed by atoms with van der Waals surface area (Å²) in [5.74, 6) is 1.82. The SMILES string of the molecule is CC(C)(C)C1=CC2B3c4cc(C5CCCCC5)ccc4N(c4ccc(C(C)(C)C)cc4)c4cc(C(C)(c5ccccc5)C5C=CC=CC5)cc(c43)N(c3ccc(C4CCCCC4)cc3)C2C=C1. The summed E-state index contributed by atoms with van der Waals surface area (Å²) in [7, 11) is 0. The monoisotopic (exact) mass is 881 g/mol. The number of nitrogens with zero attached hydrogens (tertiary/aromatic N) is 2. The van der Waals surface area contributed by atoms with E-state index in [1.54, 1.807) is 5.56 Å². The Hall–Kier alpha value is -5.28. The number of anilines is 5. The third-order valence-corrected chi connectivity index (χ3v) is 17.4. The van der Waals surface area contributed by atoms with Gasteiger partial charge in [0.2, 0.25) is 6.71 Å². The minimum atomic E-state index is -0.300. The van der Waals surface area contributed by atoms with Gasteiger partial charge in [0, 0.05) is 33.9 Å². The summed E-state index contributed by atoms with van der Waals surface area (Å²) < 4.78 is 0. The number of fused-ring (bicyclic) bond motifs is 4. The lowest BCUT2D eigenvalue weighted by Crippen LogP contribution is -2.62. The highest BCUT2D eigenvalue weighted by Gasteiger charge is 2.51. The summed E-state index contributed by atoms with van der Waals surface area (Å²) in [5, 5.41) is 0. The first-order valence-corrected chi connectivity index (χ1v) is 26.3. The van der Waals surface area contributed by atoms with E-state index in [2.05, 4.69) is 210 Å². The number of allylic oxidation sites excluding steroid dienone is 6. The first kappa shape index (κ1) is 44.2. The molecule has 67 heavy (non-hydrogen) atoms. The highest BCUT2D eigenvalue weighted by atomic mass is 15.2. The predicted octanol–water partition coefficient (Wildman–Crippen LogP) is 16.3. The zero-order valence-corrected chi connectivity index (χ0v) is 41.6. The standard InChI is InChI=1S/C64H73BN2/c1-62(2,3)48-31-36-54(37-32-48)67-57-38-30-47(45-22-14-9-15-23-45)40-55(57)65-56-41-51(63(4,5)6)33-39-58(56)66(53-34-28-46(29-35-53)44-20-12-8-13-21-44)59-42-52(43-60(67)61(59)65)64(7,49-24-16-10-17-25-49)50-26-18-11-19-27-50/h10-11,16-19,24-26,28-45,50,56,58H,8-9,12-15,20-23,27H2,1-7H3. The van der Waals surface area contributed by atoms with Crippen LogP contribution in [0.3, 0.4) is 0 Å². The van der Waals surface area contributed by atoms with Gasteiger partial charge in [-0.05, 0) is 153 Å². The van der Waals surface area contributed by atoms with Crippen LogP contribution in [0.4, 0.5) is 28.4 Å². The van der Waals surface area contributed by atoms with E-state index >= 15 is 0 Å². The normalized spacial score (nSPS) is 22.8. The van der Waals surface area contributed by atoms with Crippen LogP contribution in [0.2, 0.25) is 5.82 Å². The Morgan fingerprint density at radius 2 is 1.18 bits per heavy atom. The lowest BCUT2D eigenvalue weighted by atomic mass is 9.28. The molecule has 2 aliphatic heterocycles. The van der Waals surface area contributed by atoms with Gasteiger partial charge in [0.15, 0.2) is 0 Å². The third-order valence-electron chi connectivity index (χ3n) is 17.4. The molecule has 0 amide bonds. The highest BCUT2D eigenvalue weighted by Crippen LogP contribution is 2.53. The largest absolute Gasteiger partial charge is 0.335 e. The van der Waals surface area contributed by atoms with E-state index in [4.69, 9.17) is 0 Å². The molecular weight excluding hydrogens is 808 g/mol. The average molecular weight is 881 g/mol. The van der Waals surface area contributed by atoms with Crippen molar-refractivity contribution in [1.29, 1.82) is 0 Å². The Morgan fingerprint density at radius 1 is 0.537 bits per heavy atom. The van der Waals surface area contributed by atoms with Gasteiger partial charge in [-0.15, -0.1) is 0 Å². The van der Waals surface area contributed by atoms with Crippen molar-refractivity contribution in [2.75, 3.05) is 9.80 Å². The number of rotatable bonds is 7. The van der Waals surface area contributed by atoms with Gasteiger partial charge in [0.1, 0.15) is 0 Å². The maximum absolute atomic E-state index is 2.79. The van der Waals surface area contributed by atoms with Crippen molar-refractivity contribution in [3.8, 4) is 0 Å². The summed E-state index contributed by atoms with van der Waals surface area (Å²) in [6.45, 7) is 16.9. The van der Waals surface area contributed by atoms with Gasteiger partial charge >= 0.3 is 0 Å². The van der Waals surface area contributed by atoms with Gasteiger partial charge in [0.05, 0.1) is 6.04 Å². The molecule has 0 aromatic heterocycles. The molecule has 0 bridgehead atoms. The van der Waals surface area contributed by atoms with Crippen LogP contribution in [-0.2, 0) is 10.8 Å². The minimum absolute atomic E-state index is 0.0304. The molecule has 0 saturated heterocycles. The quantitative estimate of drug-likeness (QED) is 0.150. The fourth-order valence-corrected chi connectivity index (χ4v) is 13.4. The second kappa shape index (κ2) is 17.4. The lowest BCUT2D eigenvalue weighted by Gasteiger charge is -2.52.